The van der Waals surface area contributed by atoms with Crippen LogP contribution < -0.4 is 5.32 Å². The van der Waals surface area contributed by atoms with Crippen molar-refractivity contribution >= 4 is 28.1 Å². The molecule has 2 aromatic rings. The number of non-ortho nitro benzene ring substituents is 1. The summed E-state index contributed by atoms with van der Waals surface area (Å²) in [6.07, 6.45) is 1.43. The molecule has 7 heteroatoms. The normalized spacial score (nSPS) is 12.1. The molecule has 0 bridgehead atoms. The van der Waals surface area contributed by atoms with Crippen molar-refractivity contribution in [1.29, 1.82) is 0 Å². The predicted octanol–water partition coefficient (Wildman–Crippen LogP) is 2.34. The van der Waals surface area contributed by atoms with Crippen LogP contribution in [0.25, 0.3) is 10.8 Å². The molecule has 1 heterocycles. The van der Waals surface area contributed by atoms with E-state index >= 15 is 0 Å². The molecular weight excluding hydrogens is 262 g/mol. The van der Waals surface area contributed by atoms with E-state index in [1.807, 2.05) is 0 Å². The molecule has 1 aromatic carbocycles. The molecule has 0 fully saturated rings. The van der Waals surface area contributed by atoms with Crippen LogP contribution >= 0.6 is 0 Å². The topological polar surface area (TPSA) is 105 Å². The van der Waals surface area contributed by atoms with Gasteiger partial charge in [-0.3, -0.25) is 19.9 Å². The van der Waals surface area contributed by atoms with Crippen molar-refractivity contribution in [2.24, 2.45) is 0 Å². The van der Waals surface area contributed by atoms with Crippen molar-refractivity contribution in [3.63, 3.8) is 0 Å². The van der Waals surface area contributed by atoms with Crippen LogP contribution in [-0.2, 0) is 4.79 Å². The van der Waals surface area contributed by atoms with Gasteiger partial charge in [0, 0.05) is 29.0 Å². The van der Waals surface area contributed by atoms with Crippen molar-refractivity contribution in [3.8, 4) is 0 Å². The van der Waals surface area contributed by atoms with E-state index in [-0.39, 0.29) is 5.69 Å². The third-order valence-corrected chi connectivity index (χ3v) is 2.95. The zero-order valence-electron chi connectivity index (χ0n) is 11.0. The van der Waals surface area contributed by atoms with E-state index in [1.54, 1.807) is 13.0 Å². The lowest BCUT2D eigenvalue weighted by molar-refractivity contribution is -0.383. The van der Waals surface area contributed by atoms with Crippen LogP contribution in [0.15, 0.2) is 24.4 Å². The van der Waals surface area contributed by atoms with Crippen molar-refractivity contribution in [3.05, 3.63) is 40.2 Å². The maximum atomic E-state index is 11.0. The number of rotatable bonds is 4. The number of nitro benzene ring substituents is 1. The van der Waals surface area contributed by atoms with Gasteiger partial charge >= 0.3 is 5.97 Å². The van der Waals surface area contributed by atoms with Crippen LogP contribution in [-0.4, -0.2) is 27.0 Å². The van der Waals surface area contributed by atoms with Crippen LogP contribution in [0.3, 0.4) is 0 Å². The number of hydrogen-bond acceptors (Lipinski definition) is 5. The summed E-state index contributed by atoms with van der Waals surface area (Å²) in [6, 6.07) is 3.75. The number of fused-ring (bicyclic) bond motifs is 1. The number of nitro groups is 1. The molecule has 2 rings (SSSR count). The van der Waals surface area contributed by atoms with Gasteiger partial charge in [-0.1, -0.05) is 0 Å². The minimum absolute atomic E-state index is 0.0546. The van der Waals surface area contributed by atoms with E-state index in [0.29, 0.717) is 22.2 Å². The monoisotopic (exact) mass is 275 g/mol. The van der Waals surface area contributed by atoms with E-state index in [9.17, 15) is 14.9 Å². The summed E-state index contributed by atoms with van der Waals surface area (Å²) in [7, 11) is 0. The highest BCUT2D eigenvalue weighted by Gasteiger charge is 2.17. The molecule has 0 aliphatic rings. The Morgan fingerprint density at radius 1 is 1.45 bits per heavy atom. The molecule has 1 aromatic heterocycles. The number of aryl methyl sites for hydroxylation is 1. The number of carboxylic acids is 1. The average Bonchev–Trinajstić information content (AvgIpc) is 2.38. The van der Waals surface area contributed by atoms with E-state index in [1.165, 1.54) is 25.3 Å². The summed E-state index contributed by atoms with van der Waals surface area (Å²) in [5, 5.41) is 23.7. The number of hydrogen-bond donors (Lipinski definition) is 2. The van der Waals surface area contributed by atoms with E-state index in [0.717, 1.165) is 0 Å². The highest BCUT2D eigenvalue weighted by Crippen LogP contribution is 2.31. The van der Waals surface area contributed by atoms with Crippen LogP contribution in [0.5, 0.6) is 0 Å². The van der Waals surface area contributed by atoms with Gasteiger partial charge in [0.05, 0.1) is 10.3 Å². The molecule has 0 spiro atoms. The fourth-order valence-corrected chi connectivity index (χ4v) is 1.91. The number of benzene rings is 1. The summed E-state index contributed by atoms with van der Waals surface area (Å²) >= 11 is 0. The number of nitrogens with one attached hydrogen (secondary N) is 1. The Morgan fingerprint density at radius 3 is 2.75 bits per heavy atom. The minimum atomic E-state index is -0.998. The fourth-order valence-electron chi connectivity index (χ4n) is 1.91. The minimum Gasteiger partial charge on any atom is -0.480 e. The number of aromatic nitrogens is 1. The van der Waals surface area contributed by atoms with Gasteiger partial charge in [-0.05, 0) is 26.0 Å². The lowest BCUT2D eigenvalue weighted by Crippen LogP contribution is -2.25. The van der Waals surface area contributed by atoms with Crippen LogP contribution in [0.1, 0.15) is 12.6 Å². The molecule has 7 nitrogen and oxygen atoms in total. The lowest BCUT2D eigenvalue weighted by atomic mass is 10.1. The molecular formula is C13H13N3O4. The number of aliphatic carboxylic acids is 1. The Hall–Kier alpha value is -2.70. The van der Waals surface area contributed by atoms with Crippen LogP contribution in [0, 0.1) is 17.0 Å². The van der Waals surface area contributed by atoms with Gasteiger partial charge in [0.25, 0.3) is 5.69 Å². The van der Waals surface area contributed by atoms with Gasteiger partial charge < -0.3 is 10.4 Å². The van der Waals surface area contributed by atoms with Crippen molar-refractivity contribution in [1.82, 2.24) is 4.98 Å². The first-order chi connectivity index (χ1) is 9.40. The Morgan fingerprint density at radius 2 is 2.15 bits per heavy atom. The lowest BCUT2D eigenvalue weighted by Gasteiger charge is -2.13. The van der Waals surface area contributed by atoms with Gasteiger partial charge in [0.1, 0.15) is 6.04 Å². The molecule has 0 radical (unpaired) electrons. The third kappa shape index (κ3) is 2.51. The second kappa shape index (κ2) is 5.12. The van der Waals surface area contributed by atoms with Gasteiger partial charge in [0.2, 0.25) is 0 Å². The summed E-state index contributed by atoms with van der Waals surface area (Å²) in [6.45, 7) is 3.27. The summed E-state index contributed by atoms with van der Waals surface area (Å²) in [5.41, 5.74) is 1.18. The van der Waals surface area contributed by atoms with E-state index in [4.69, 9.17) is 5.11 Å². The quantitative estimate of drug-likeness (QED) is 0.655. The van der Waals surface area contributed by atoms with Crippen LogP contribution in [0.4, 0.5) is 11.4 Å². The largest absolute Gasteiger partial charge is 0.480 e. The Kier molecular flexibility index (Phi) is 3.51. The Balaban J connectivity index is 2.62. The fraction of sp³-hybridized carbons (Fsp3) is 0.231. The Bertz CT molecular complexity index is 699. The first-order valence-corrected chi connectivity index (χ1v) is 5.93. The number of anilines is 1. The first kappa shape index (κ1) is 13.7. The molecule has 0 amide bonds. The van der Waals surface area contributed by atoms with Gasteiger partial charge in [-0.25, -0.2) is 0 Å². The molecule has 20 heavy (non-hydrogen) atoms. The standard InChI is InChI=1S/C13H13N3O4/c1-7-5-9-10(6-14-7)12(16(19)20)4-3-11(9)15-8(2)13(17)18/h3-6,8,15H,1-2H3,(H,17,18). The van der Waals surface area contributed by atoms with Crippen molar-refractivity contribution in [2.45, 2.75) is 19.9 Å². The van der Waals surface area contributed by atoms with Crippen LogP contribution in [0.2, 0.25) is 0 Å². The number of carboxylic acid groups (broad SMARTS) is 1. The smallest absolute Gasteiger partial charge is 0.325 e. The average molecular weight is 275 g/mol. The van der Waals surface area contributed by atoms with E-state index in [2.05, 4.69) is 10.3 Å². The second-order valence-corrected chi connectivity index (χ2v) is 4.46. The highest BCUT2D eigenvalue weighted by molar-refractivity contribution is 6.00. The third-order valence-electron chi connectivity index (χ3n) is 2.95. The highest BCUT2D eigenvalue weighted by atomic mass is 16.6. The first-order valence-electron chi connectivity index (χ1n) is 5.93. The zero-order chi connectivity index (χ0) is 14.9. The summed E-state index contributed by atoms with van der Waals surface area (Å²) < 4.78 is 0. The zero-order valence-corrected chi connectivity index (χ0v) is 11.0. The van der Waals surface area contributed by atoms with Crippen molar-refractivity contribution < 1.29 is 14.8 Å². The number of pyridine rings is 1. The molecule has 104 valence electrons. The number of carbonyl (C=O) groups is 1. The molecule has 0 saturated carbocycles. The van der Waals surface area contributed by atoms with Crippen molar-refractivity contribution in [2.75, 3.05) is 5.32 Å². The molecule has 0 aliphatic heterocycles. The Labute approximate surface area is 114 Å². The van der Waals surface area contributed by atoms with E-state index < -0.39 is 16.9 Å². The SMILES string of the molecule is Cc1cc2c(NC(C)C(=O)O)ccc([N+](=O)[O-])c2cn1. The molecule has 0 saturated heterocycles. The summed E-state index contributed by atoms with van der Waals surface area (Å²) in [5.74, 6) is -0.998. The molecule has 1 unspecified atom stereocenters. The molecule has 1 atom stereocenters. The molecule has 2 N–H and O–H groups in total. The second-order valence-electron chi connectivity index (χ2n) is 4.46. The predicted molar refractivity (Wildman–Crippen MR) is 73.9 cm³/mol. The number of nitrogens with zero attached hydrogens (tertiary/aromatic N) is 2. The summed E-state index contributed by atoms with van der Waals surface area (Å²) in [4.78, 5) is 25.5. The van der Waals surface area contributed by atoms with Gasteiger partial charge in [0.15, 0.2) is 0 Å². The maximum absolute atomic E-state index is 11.0. The maximum Gasteiger partial charge on any atom is 0.325 e. The van der Waals surface area contributed by atoms with Gasteiger partial charge in [-0.2, -0.15) is 0 Å². The molecule has 0 aliphatic carbocycles. The van der Waals surface area contributed by atoms with Gasteiger partial charge in [-0.15, -0.1) is 0 Å².